The second-order valence-electron chi connectivity index (χ2n) is 5.20. The molecule has 2 rings (SSSR count). The van der Waals surface area contributed by atoms with E-state index in [4.69, 9.17) is 12.2 Å². The van der Waals surface area contributed by atoms with Crippen LogP contribution < -0.4 is 10.7 Å². The molecular formula is C16H23N3S. The summed E-state index contributed by atoms with van der Waals surface area (Å²) < 4.78 is 0. The fourth-order valence-corrected chi connectivity index (χ4v) is 2.77. The molecule has 1 aliphatic rings. The van der Waals surface area contributed by atoms with E-state index in [-0.39, 0.29) is 0 Å². The lowest BCUT2D eigenvalue weighted by Crippen LogP contribution is -2.41. The van der Waals surface area contributed by atoms with Gasteiger partial charge in [0.1, 0.15) is 0 Å². The molecule has 0 amide bonds. The van der Waals surface area contributed by atoms with Crippen LogP contribution in [0.15, 0.2) is 35.4 Å². The summed E-state index contributed by atoms with van der Waals surface area (Å²) in [5.74, 6) is 0. The van der Waals surface area contributed by atoms with Gasteiger partial charge in [0.05, 0.1) is 5.71 Å². The summed E-state index contributed by atoms with van der Waals surface area (Å²) >= 11 is 5.32. The van der Waals surface area contributed by atoms with Gasteiger partial charge in [-0.3, -0.25) is 5.43 Å². The summed E-state index contributed by atoms with van der Waals surface area (Å²) in [6.45, 7) is 2.10. The highest BCUT2D eigenvalue weighted by atomic mass is 32.1. The molecule has 1 fully saturated rings. The lowest BCUT2D eigenvalue weighted by atomic mass is 9.96. The van der Waals surface area contributed by atoms with Crippen LogP contribution in [0.3, 0.4) is 0 Å². The van der Waals surface area contributed by atoms with Crippen LogP contribution in [0.25, 0.3) is 0 Å². The van der Waals surface area contributed by atoms with Gasteiger partial charge in [-0.2, -0.15) is 5.10 Å². The first-order chi connectivity index (χ1) is 9.79. The third-order valence-corrected chi connectivity index (χ3v) is 3.88. The van der Waals surface area contributed by atoms with Crippen molar-refractivity contribution in [1.29, 1.82) is 0 Å². The molecule has 3 nitrogen and oxygen atoms in total. The van der Waals surface area contributed by atoms with E-state index >= 15 is 0 Å². The highest BCUT2D eigenvalue weighted by Gasteiger charge is 2.13. The molecular weight excluding hydrogens is 266 g/mol. The molecule has 0 radical (unpaired) electrons. The predicted octanol–water partition coefficient (Wildman–Crippen LogP) is 3.60. The van der Waals surface area contributed by atoms with Crippen LogP contribution in [0, 0.1) is 0 Å². The second-order valence-corrected chi connectivity index (χ2v) is 5.61. The van der Waals surface area contributed by atoms with Gasteiger partial charge >= 0.3 is 0 Å². The molecule has 4 heteroatoms. The van der Waals surface area contributed by atoms with E-state index in [0.717, 1.165) is 17.7 Å². The summed E-state index contributed by atoms with van der Waals surface area (Å²) in [5, 5.41) is 8.44. The van der Waals surface area contributed by atoms with Crippen LogP contribution in [-0.2, 0) is 0 Å². The Hall–Kier alpha value is -1.42. The highest BCUT2D eigenvalue weighted by Crippen LogP contribution is 2.17. The van der Waals surface area contributed by atoms with Crippen molar-refractivity contribution in [3.63, 3.8) is 0 Å². The molecule has 0 unspecified atom stereocenters. The Morgan fingerprint density at radius 1 is 1.20 bits per heavy atom. The van der Waals surface area contributed by atoms with Crippen molar-refractivity contribution in [2.45, 2.75) is 51.5 Å². The summed E-state index contributed by atoms with van der Waals surface area (Å²) in [6.07, 6.45) is 7.25. The Kier molecular flexibility index (Phi) is 5.99. The van der Waals surface area contributed by atoms with Crippen molar-refractivity contribution in [1.82, 2.24) is 10.7 Å². The van der Waals surface area contributed by atoms with Gasteiger partial charge in [0.2, 0.25) is 0 Å². The number of nitrogens with zero attached hydrogens (tertiary/aromatic N) is 1. The fourth-order valence-electron chi connectivity index (χ4n) is 2.56. The number of hydrogen-bond donors (Lipinski definition) is 2. The van der Waals surface area contributed by atoms with E-state index in [1.807, 2.05) is 18.2 Å². The minimum Gasteiger partial charge on any atom is -0.359 e. The van der Waals surface area contributed by atoms with E-state index in [1.165, 1.54) is 32.1 Å². The van der Waals surface area contributed by atoms with E-state index in [1.54, 1.807) is 0 Å². The third kappa shape index (κ3) is 4.60. The Bertz CT molecular complexity index is 450. The zero-order valence-corrected chi connectivity index (χ0v) is 12.9. The van der Waals surface area contributed by atoms with E-state index in [2.05, 4.69) is 34.9 Å². The smallest absolute Gasteiger partial charge is 0.187 e. The third-order valence-electron chi connectivity index (χ3n) is 3.67. The van der Waals surface area contributed by atoms with Crippen molar-refractivity contribution < 1.29 is 0 Å². The number of nitrogens with one attached hydrogen (secondary N) is 2. The molecule has 2 N–H and O–H groups in total. The van der Waals surface area contributed by atoms with Gasteiger partial charge in [-0.05, 0) is 37.0 Å². The summed E-state index contributed by atoms with van der Waals surface area (Å²) in [4.78, 5) is 0. The van der Waals surface area contributed by atoms with Crippen molar-refractivity contribution in [2.24, 2.45) is 5.10 Å². The van der Waals surface area contributed by atoms with Gasteiger partial charge in [0.15, 0.2) is 5.11 Å². The van der Waals surface area contributed by atoms with Crippen LogP contribution in [0.5, 0.6) is 0 Å². The zero-order valence-electron chi connectivity index (χ0n) is 12.1. The molecule has 0 aliphatic heterocycles. The molecule has 0 spiro atoms. The molecule has 1 aliphatic carbocycles. The van der Waals surface area contributed by atoms with Gasteiger partial charge in [0, 0.05) is 6.04 Å². The Balaban J connectivity index is 1.88. The Labute approximate surface area is 126 Å². The van der Waals surface area contributed by atoms with Gasteiger partial charge in [-0.1, -0.05) is 56.5 Å². The average molecular weight is 289 g/mol. The molecule has 20 heavy (non-hydrogen) atoms. The van der Waals surface area contributed by atoms with Crippen LogP contribution >= 0.6 is 12.2 Å². The van der Waals surface area contributed by atoms with Crippen LogP contribution in [0.1, 0.15) is 51.0 Å². The maximum Gasteiger partial charge on any atom is 0.187 e. The molecule has 1 saturated carbocycles. The van der Waals surface area contributed by atoms with Crippen molar-refractivity contribution in [3.05, 3.63) is 35.9 Å². The van der Waals surface area contributed by atoms with Crippen molar-refractivity contribution in [3.8, 4) is 0 Å². The topological polar surface area (TPSA) is 36.4 Å². The minimum absolute atomic E-state index is 0.515. The maximum absolute atomic E-state index is 5.32. The number of benzene rings is 1. The molecule has 108 valence electrons. The molecule has 1 aromatic rings. The van der Waals surface area contributed by atoms with Gasteiger partial charge in [-0.15, -0.1) is 0 Å². The first-order valence-corrected chi connectivity index (χ1v) is 7.89. The van der Waals surface area contributed by atoms with Gasteiger partial charge < -0.3 is 5.32 Å². The van der Waals surface area contributed by atoms with Crippen molar-refractivity contribution >= 4 is 23.0 Å². The quantitative estimate of drug-likeness (QED) is 0.505. The molecule has 0 saturated heterocycles. The summed E-state index contributed by atoms with van der Waals surface area (Å²) in [7, 11) is 0. The Morgan fingerprint density at radius 2 is 1.90 bits per heavy atom. The number of rotatable bonds is 4. The second kappa shape index (κ2) is 8.00. The normalized spacial score (nSPS) is 16.8. The van der Waals surface area contributed by atoms with Crippen LogP contribution in [0.4, 0.5) is 0 Å². The van der Waals surface area contributed by atoms with E-state index in [9.17, 15) is 0 Å². The highest BCUT2D eigenvalue weighted by molar-refractivity contribution is 7.80. The van der Waals surface area contributed by atoms with E-state index < -0.39 is 0 Å². The SMILES string of the molecule is CC/C(=N\NC(=S)NC1CCCCC1)c1ccccc1. The first kappa shape index (κ1) is 15.0. The van der Waals surface area contributed by atoms with E-state index in [0.29, 0.717) is 11.2 Å². The number of hydrazone groups is 1. The van der Waals surface area contributed by atoms with Gasteiger partial charge in [-0.25, -0.2) is 0 Å². The zero-order chi connectivity index (χ0) is 14.2. The molecule has 0 aromatic heterocycles. The van der Waals surface area contributed by atoms with Crippen LogP contribution in [0.2, 0.25) is 0 Å². The molecule has 0 atom stereocenters. The monoisotopic (exact) mass is 289 g/mol. The first-order valence-electron chi connectivity index (χ1n) is 7.48. The lowest BCUT2D eigenvalue weighted by molar-refractivity contribution is 0.412. The Morgan fingerprint density at radius 3 is 2.55 bits per heavy atom. The standard InChI is InChI=1S/C16H23N3S/c1-2-15(13-9-5-3-6-10-13)18-19-16(20)17-14-11-7-4-8-12-14/h3,5-6,9-10,14H,2,4,7-8,11-12H2,1H3,(H2,17,19,20)/b18-15+. The molecule has 1 aromatic carbocycles. The number of hydrogen-bond acceptors (Lipinski definition) is 2. The summed E-state index contributed by atoms with van der Waals surface area (Å²) in [5.41, 5.74) is 5.16. The van der Waals surface area contributed by atoms with Crippen molar-refractivity contribution in [2.75, 3.05) is 0 Å². The average Bonchev–Trinajstić information content (AvgIpc) is 2.50. The largest absolute Gasteiger partial charge is 0.359 e. The van der Waals surface area contributed by atoms with Crippen LogP contribution in [-0.4, -0.2) is 16.9 Å². The number of thiocarbonyl (C=S) groups is 1. The fraction of sp³-hybridized carbons (Fsp3) is 0.500. The molecule has 0 heterocycles. The summed E-state index contributed by atoms with van der Waals surface area (Å²) in [6, 6.07) is 10.7. The lowest BCUT2D eigenvalue weighted by Gasteiger charge is -2.23. The minimum atomic E-state index is 0.515. The maximum atomic E-state index is 5.32. The predicted molar refractivity (Wildman–Crippen MR) is 89.0 cm³/mol. The van der Waals surface area contributed by atoms with Gasteiger partial charge in [0.25, 0.3) is 0 Å². The molecule has 0 bridgehead atoms.